The fraction of sp³-hybridized carbons (Fsp3) is 0.158. The molecule has 0 bridgehead atoms. The molecule has 0 spiro atoms. The zero-order valence-corrected chi connectivity index (χ0v) is 13.8. The molecular formula is C19H9F6NO2. The van der Waals surface area contributed by atoms with E-state index in [1.807, 2.05) is 0 Å². The molecule has 3 aromatic rings. The molecule has 1 saturated carbocycles. The molecule has 0 radical (unpaired) electrons. The highest BCUT2D eigenvalue weighted by Gasteiger charge is 2.32. The van der Waals surface area contributed by atoms with E-state index < -0.39 is 57.4 Å². The molecule has 4 rings (SSSR count). The zero-order valence-electron chi connectivity index (χ0n) is 13.8. The Morgan fingerprint density at radius 2 is 1.43 bits per heavy atom. The second-order valence-electron chi connectivity index (χ2n) is 6.49. The maximum Gasteiger partial charge on any atom is 0.259 e. The van der Waals surface area contributed by atoms with Crippen LogP contribution in [0.1, 0.15) is 40.2 Å². The number of carbonyl (C=O) groups is 1. The Morgan fingerprint density at radius 3 is 2.00 bits per heavy atom. The highest BCUT2D eigenvalue weighted by Crippen LogP contribution is 2.42. The molecular weight excluding hydrogens is 388 g/mol. The van der Waals surface area contributed by atoms with E-state index in [1.54, 1.807) is 0 Å². The van der Waals surface area contributed by atoms with Gasteiger partial charge in [0, 0.05) is 5.39 Å². The van der Waals surface area contributed by atoms with Gasteiger partial charge in [0.25, 0.3) is 5.56 Å². The lowest BCUT2D eigenvalue weighted by Crippen LogP contribution is -2.22. The molecule has 1 heterocycles. The average Bonchev–Trinajstić information content (AvgIpc) is 3.50. The third-order valence-corrected chi connectivity index (χ3v) is 4.69. The van der Waals surface area contributed by atoms with E-state index in [2.05, 4.69) is 4.98 Å². The zero-order chi connectivity index (χ0) is 20.3. The largest absolute Gasteiger partial charge is 0.319 e. The lowest BCUT2D eigenvalue weighted by molar-refractivity contribution is 0.102. The molecule has 0 unspecified atom stereocenters. The highest BCUT2D eigenvalue weighted by atomic mass is 19.2. The monoisotopic (exact) mass is 397 g/mol. The summed E-state index contributed by atoms with van der Waals surface area (Å²) in [6.07, 6.45) is 1.59. The van der Waals surface area contributed by atoms with Crippen LogP contribution in [0.25, 0.3) is 10.9 Å². The summed E-state index contributed by atoms with van der Waals surface area (Å²) in [7, 11) is 0. The molecule has 1 aliphatic carbocycles. The number of ketones is 1. The van der Waals surface area contributed by atoms with Gasteiger partial charge in [0.2, 0.25) is 11.6 Å². The van der Waals surface area contributed by atoms with Gasteiger partial charge < -0.3 is 4.98 Å². The summed E-state index contributed by atoms with van der Waals surface area (Å²) in [5.41, 5.74) is -3.66. The summed E-state index contributed by atoms with van der Waals surface area (Å²) in [6, 6.07) is 3.71. The number of pyridine rings is 1. The van der Waals surface area contributed by atoms with Gasteiger partial charge in [-0.2, -0.15) is 0 Å². The van der Waals surface area contributed by atoms with E-state index in [-0.39, 0.29) is 16.8 Å². The Labute approximate surface area is 152 Å². The van der Waals surface area contributed by atoms with E-state index in [9.17, 15) is 35.9 Å². The van der Waals surface area contributed by atoms with Gasteiger partial charge in [0.1, 0.15) is 5.56 Å². The molecule has 1 aromatic heterocycles. The number of nitrogens with one attached hydrogen (secondary N) is 1. The van der Waals surface area contributed by atoms with E-state index in [4.69, 9.17) is 0 Å². The van der Waals surface area contributed by atoms with Crippen molar-refractivity contribution in [3.63, 3.8) is 0 Å². The Morgan fingerprint density at radius 1 is 0.857 bits per heavy atom. The van der Waals surface area contributed by atoms with Crippen molar-refractivity contribution in [3.8, 4) is 0 Å². The summed E-state index contributed by atoms with van der Waals surface area (Å²) in [6.45, 7) is 0. The predicted octanol–water partition coefficient (Wildman–Crippen LogP) is 4.47. The van der Waals surface area contributed by atoms with Crippen LogP contribution in [-0.2, 0) is 0 Å². The van der Waals surface area contributed by atoms with Gasteiger partial charge in [-0.05, 0) is 30.4 Å². The van der Waals surface area contributed by atoms with Gasteiger partial charge in [-0.15, -0.1) is 0 Å². The van der Waals surface area contributed by atoms with Crippen molar-refractivity contribution in [2.24, 2.45) is 0 Å². The SMILES string of the molecule is O=C(c1c(F)c(F)c(F)c(F)c1F)c1cc2ccc(C3CC3)c(F)c2[nH]c1=O. The third kappa shape index (κ3) is 2.61. The molecule has 0 atom stereocenters. The minimum Gasteiger partial charge on any atom is -0.319 e. The van der Waals surface area contributed by atoms with Gasteiger partial charge in [0.15, 0.2) is 29.1 Å². The number of carbonyl (C=O) groups excluding carboxylic acids is 1. The smallest absolute Gasteiger partial charge is 0.259 e. The number of rotatable bonds is 3. The van der Waals surface area contributed by atoms with Crippen LogP contribution in [0.15, 0.2) is 23.0 Å². The molecule has 0 aliphatic heterocycles. The molecule has 2 aromatic carbocycles. The lowest BCUT2D eigenvalue weighted by Gasteiger charge is -2.09. The van der Waals surface area contributed by atoms with Crippen molar-refractivity contribution in [1.29, 1.82) is 0 Å². The first-order valence-corrected chi connectivity index (χ1v) is 8.14. The molecule has 1 aliphatic rings. The number of hydrogen-bond acceptors (Lipinski definition) is 2. The highest BCUT2D eigenvalue weighted by molar-refractivity contribution is 6.10. The van der Waals surface area contributed by atoms with Crippen LogP contribution >= 0.6 is 0 Å². The van der Waals surface area contributed by atoms with Gasteiger partial charge in [-0.3, -0.25) is 9.59 Å². The first kappa shape index (κ1) is 18.3. The minimum absolute atomic E-state index is 0.0302. The van der Waals surface area contributed by atoms with E-state index in [0.717, 1.165) is 18.9 Å². The summed E-state index contributed by atoms with van der Waals surface area (Å²) in [5.74, 6) is -14.1. The Hall–Kier alpha value is -3.10. The fourth-order valence-electron chi connectivity index (χ4n) is 3.07. The van der Waals surface area contributed by atoms with Gasteiger partial charge in [-0.25, -0.2) is 26.3 Å². The van der Waals surface area contributed by atoms with Crippen LogP contribution in [0.5, 0.6) is 0 Å². The van der Waals surface area contributed by atoms with Gasteiger partial charge in [0.05, 0.1) is 11.1 Å². The van der Waals surface area contributed by atoms with Gasteiger partial charge in [-0.1, -0.05) is 12.1 Å². The predicted molar refractivity (Wildman–Crippen MR) is 86.2 cm³/mol. The number of aromatic amines is 1. The molecule has 144 valence electrons. The van der Waals surface area contributed by atoms with Crippen molar-refractivity contribution in [2.75, 3.05) is 0 Å². The van der Waals surface area contributed by atoms with Crippen LogP contribution in [0.2, 0.25) is 0 Å². The minimum atomic E-state index is -2.42. The summed E-state index contributed by atoms with van der Waals surface area (Å²) in [4.78, 5) is 26.7. The quantitative estimate of drug-likeness (QED) is 0.307. The first-order valence-electron chi connectivity index (χ1n) is 8.14. The van der Waals surface area contributed by atoms with Crippen LogP contribution in [0.3, 0.4) is 0 Å². The van der Waals surface area contributed by atoms with E-state index >= 15 is 0 Å². The number of hydrogen-bond donors (Lipinski definition) is 1. The Bertz CT molecular complexity index is 1200. The van der Waals surface area contributed by atoms with E-state index in [1.165, 1.54) is 12.1 Å². The molecule has 1 fully saturated rings. The van der Waals surface area contributed by atoms with E-state index in [0.29, 0.717) is 5.56 Å². The van der Waals surface area contributed by atoms with Crippen molar-refractivity contribution < 1.29 is 31.1 Å². The van der Waals surface area contributed by atoms with Gasteiger partial charge >= 0.3 is 0 Å². The number of aromatic nitrogens is 1. The van der Waals surface area contributed by atoms with Crippen molar-refractivity contribution in [3.05, 3.63) is 80.1 Å². The maximum atomic E-state index is 14.6. The number of fused-ring (bicyclic) bond motifs is 1. The Kier molecular flexibility index (Phi) is 4.06. The number of H-pyrrole nitrogens is 1. The van der Waals surface area contributed by atoms with Crippen molar-refractivity contribution in [2.45, 2.75) is 18.8 Å². The topological polar surface area (TPSA) is 49.9 Å². The van der Waals surface area contributed by atoms with Crippen LogP contribution in [-0.4, -0.2) is 10.8 Å². The standard InChI is InChI=1S/C19H9F6NO2/c20-11-8(6-1-2-6)4-3-7-5-9(19(28)26-17(7)11)18(27)10-12(21)14(23)16(25)15(24)13(10)22/h3-6H,1-2H2,(H,26,28). The maximum absolute atomic E-state index is 14.6. The molecule has 28 heavy (non-hydrogen) atoms. The lowest BCUT2D eigenvalue weighted by atomic mass is 10.00. The average molecular weight is 397 g/mol. The normalized spacial score (nSPS) is 13.9. The van der Waals surface area contributed by atoms with Crippen molar-refractivity contribution in [1.82, 2.24) is 4.98 Å². The molecule has 0 amide bonds. The van der Waals surface area contributed by atoms with Crippen LogP contribution < -0.4 is 5.56 Å². The summed E-state index contributed by atoms with van der Waals surface area (Å²) in [5, 5.41) is 0.0359. The van der Waals surface area contributed by atoms with Crippen LogP contribution in [0.4, 0.5) is 26.3 Å². The second kappa shape index (κ2) is 6.22. The summed E-state index contributed by atoms with van der Waals surface area (Å²) >= 11 is 0. The molecule has 1 N–H and O–H groups in total. The summed E-state index contributed by atoms with van der Waals surface area (Å²) < 4.78 is 82.2. The second-order valence-corrected chi connectivity index (χ2v) is 6.49. The van der Waals surface area contributed by atoms with Crippen LogP contribution in [0, 0.1) is 34.9 Å². The molecule has 9 heteroatoms. The molecule has 3 nitrogen and oxygen atoms in total. The van der Waals surface area contributed by atoms with Crippen molar-refractivity contribution >= 4 is 16.7 Å². The first-order chi connectivity index (χ1) is 13.2. The molecule has 0 saturated heterocycles. The number of benzene rings is 2. The number of halogens is 6. The third-order valence-electron chi connectivity index (χ3n) is 4.69. The Balaban J connectivity index is 1.91. The fourth-order valence-corrected chi connectivity index (χ4v) is 3.07.